The van der Waals surface area contributed by atoms with Crippen molar-refractivity contribution in [2.45, 2.75) is 18.9 Å². The van der Waals surface area contributed by atoms with Gasteiger partial charge in [0.1, 0.15) is 5.75 Å². The highest BCUT2D eigenvalue weighted by molar-refractivity contribution is 5.77. The number of piperidine rings is 1. The standard InChI is InChI=1S/C20H22N2O2/c23-20(22-15-14-21-12-10-17(22)11-13-21)24-19-9-5-4-8-18(19)16-6-2-1-3-7-16/h1-9,17H,10-15H2. The Balaban J connectivity index is 1.56. The van der Waals surface area contributed by atoms with Gasteiger partial charge >= 0.3 is 6.09 Å². The quantitative estimate of drug-likeness (QED) is 0.846. The number of rotatable bonds is 2. The molecule has 0 atom stereocenters. The average molecular weight is 322 g/mol. The normalized spacial score (nSPS) is 22.9. The van der Waals surface area contributed by atoms with Gasteiger partial charge in [0.15, 0.2) is 0 Å². The van der Waals surface area contributed by atoms with Crippen LogP contribution >= 0.6 is 0 Å². The lowest BCUT2D eigenvalue weighted by atomic mass is 10.0. The number of benzene rings is 2. The van der Waals surface area contributed by atoms with E-state index < -0.39 is 0 Å². The molecule has 1 amide bonds. The molecule has 3 heterocycles. The first-order valence-corrected chi connectivity index (χ1v) is 8.66. The van der Waals surface area contributed by atoms with Gasteiger partial charge in [0.2, 0.25) is 0 Å². The second kappa shape index (κ2) is 6.65. The SMILES string of the molecule is O=C(Oc1ccccc1-c1ccccc1)N1CCN2CCC1CC2. The fourth-order valence-corrected chi connectivity index (χ4v) is 3.69. The van der Waals surface area contributed by atoms with Gasteiger partial charge in [0, 0.05) is 37.8 Å². The Bertz CT molecular complexity index is 709. The van der Waals surface area contributed by atoms with E-state index in [2.05, 4.69) is 4.90 Å². The molecule has 0 radical (unpaired) electrons. The van der Waals surface area contributed by atoms with E-state index in [0.29, 0.717) is 11.8 Å². The van der Waals surface area contributed by atoms with Crippen LogP contribution in [0.15, 0.2) is 54.6 Å². The Labute approximate surface area is 142 Å². The molecule has 3 saturated heterocycles. The van der Waals surface area contributed by atoms with E-state index >= 15 is 0 Å². The van der Waals surface area contributed by atoms with Gasteiger partial charge in [0.25, 0.3) is 0 Å². The van der Waals surface area contributed by atoms with Crippen LogP contribution in [-0.4, -0.2) is 48.1 Å². The van der Waals surface area contributed by atoms with Crippen molar-refractivity contribution >= 4 is 6.09 Å². The summed E-state index contributed by atoms with van der Waals surface area (Å²) < 4.78 is 5.81. The van der Waals surface area contributed by atoms with Crippen LogP contribution in [0.5, 0.6) is 5.75 Å². The molecule has 3 fully saturated rings. The first kappa shape index (κ1) is 15.2. The first-order valence-electron chi connectivity index (χ1n) is 8.66. The minimum atomic E-state index is -0.216. The number of ether oxygens (including phenoxy) is 1. The minimum absolute atomic E-state index is 0.216. The Morgan fingerprint density at radius 2 is 1.58 bits per heavy atom. The molecule has 4 heteroatoms. The highest BCUT2D eigenvalue weighted by atomic mass is 16.6. The fourth-order valence-electron chi connectivity index (χ4n) is 3.69. The number of hydrogen-bond donors (Lipinski definition) is 0. The molecule has 0 N–H and O–H groups in total. The first-order chi connectivity index (χ1) is 11.8. The Morgan fingerprint density at radius 3 is 2.38 bits per heavy atom. The maximum atomic E-state index is 12.8. The van der Waals surface area contributed by atoms with Crippen LogP contribution in [0.4, 0.5) is 4.79 Å². The zero-order chi connectivity index (χ0) is 16.4. The molecule has 0 aliphatic carbocycles. The van der Waals surface area contributed by atoms with Gasteiger partial charge in [-0.1, -0.05) is 48.5 Å². The van der Waals surface area contributed by atoms with Gasteiger partial charge in [-0.2, -0.15) is 0 Å². The van der Waals surface area contributed by atoms with Crippen LogP contribution in [0.1, 0.15) is 12.8 Å². The molecule has 2 aromatic rings. The zero-order valence-corrected chi connectivity index (χ0v) is 13.7. The average Bonchev–Trinajstić information content (AvgIpc) is 2.97. The van der Waals surface area contributed by atoms with Crippen molar-refractivity contribution in [2.24, 2.45) is 0 Å². The summed E-state index contributed by atoms with van der Waals surface area (Å²) in [4.78, 5) is 17.1. The van der Waals surface area contributed by atoms with Crippen molar-refractivity contribution < 1.29 is 9.53 Å². The van der Waals surface area contributed by atoms with E-state index in [1.165, 1.54) is 0 Å². The second-order valence-corrected chi connectivity index (χ2v) is 6.50. The maximum absolute atomic E-state index is 12.8. The molecule has 0 aromatic heterocycles. The predicted molar refractivity (Wildman–Crippen MR) is 94.1 cm³/mol. The lowest BCUT2D eigenvalue weighted by Gasteiger charge is -2.30. The van der Waals surface area contributed by atoms with Crippen LogP contribution in [0.3, 0.4) is 0 Å². The summed E-state index contributed by atoms with van der Waals surface area (Å²) in [6.07, 6.45) is 1.89. The van der Waals surface area contributed by atoms with Crippen LogP contribution in [-0.2, 0) is 0 Å². The van der Waals surface area contributed by atoms with Crippen molar-refractivity contribution in [3.05, 3.63) is 54.6 Å². The highest BCUT2D eigenvalue weighted by Gasteiger charge is 2.33. The summed E-state index contributed by atoms with van der Waals surface area (Å²) in [6, 6.07) is 18.1. The fraction of sp³-hybridized carbons (Fsp3) is 0.350. The third-order valence-electron chi connectivity index (χ3n) is 5.06. The van der Waals surface area contributed by atoms with E-state index in [4.69, 9.17) is 4.74 Å². The third-order valence-corrected chi connectivity index (χ3v) is 5.06. The van der Waals surface area contributed by atoms with Gasteiger partial charge in [-0.15, -0.1) is 0 Å². The molecule has 24 heavy (non-hydrogen) atoms. The molecule has 5 rings (SSSR count). The van der Waals surface area contributed by atoms with Gasteiger partial charge < -0.3 is 14.5 Å². The van der Waals surface area contributed by atoms with Crippen LogP contribution in [0, 0.1) is 0 Å². The number of carbonyl (C=O) groups excluding carboxylic acids is 1. The third kappa shape index (κ3) is 3.02. The van der Waals surface area contributed by atoms with Gasteiger partial charge in [-0.3, -0.25) is 0 Å². The molecular formula is C20H22N2O2. The van der Waals surface area contributed by atoms with Crippen molar-refractivity contribution in [2.75, 3.05) is 26.2 Å². The Kier molecular flexibility index (Phi) is 4.22. The molecule has 0 spiro atoms. The summed E-state index contributed by atoms with van der Waals surface area (Å²) >= 11 is 0. The van der Waals surface area contributed by atoms with Crippen molar-refractivity contribution in [1.29, 1.82) is 0 Å². The number of hydrogen-bond acceptors (Lipinski definition) is 3. The number of nitrogens with zero attached hydrogens (tertiary/aromatic N) is 2. The van der Waals surface area contributed by atoms with E-state index in [1.807, 2.05) is 59.5 Å². The van der Waals surface area contributed by atoms with Crippen LogP contribution in [0.25, 0.3) is 11.1 Å². The number of para-hydroxylation sites is 1. The maximum Gasteiger partial charge on any atom is 0.415 e. The van der Waals surface area contributed by atoms with Crippen molar-refractivity contribution in [3.63, 3.8) is 0 Å². The topological polar surface area (TPSA) is 32.8 Å². The molecule has 3 aliphatic rings. The van der Waals surface area contributed by atoms with E-state index in [0.717, 1.165) is 50.1 Å². The highest BCUT2D eigenvalue weighted by Crippen LogP contribution is 2.30. The number of amides is 1. The Morgan fingerprint density at radius 1 is 0.875 bits per heavy atom. The van der Waals surface area contributed by atoms with Gasteiger partial charge in [-0.05, 0) is 24.5 Å². The van der Waals surface area contributed by atoms with E-state index in [-0.39, 0.29) is 6.09 Å². The van der Waals surface area contributed by atoms with Gasteiger partial charge in [-0.25, -0.2) is 4.79 Å². The summed E-state index contributed by atoms with van der Waals surface area (Å²) in [5.74, 6) is 0.632. The molecule has 0 saturated carbocycles. The molecular weight excluding hydrogens is 300 g/mol. The van der Waals surface area contributed by atoms with Crippen LogP contribution < -0.4 is 4.74 Å². The van der Waals surface area contributed by atoms with E-state index in [9.17, 15) is 4.79 Å². The molecule has 4 nitrogen and oxygen atoms in total. The smallest absolute Gasteiger partial charge is 0.410 e. The Hall–Kier alpha value is -2.33. The summed E-state index contributed by atoms with van der Waals surface area (Å²) in [5.41, 5.74) is 2.01. The lowest BCUT2D eigenvalue weighted by molar-refractivity contribution is 0.131. The van der Waals surface area contributed by atoms with E-state index in [1.54, 1.807) is 0 Å². The summed E-state index contributed by atoms with van der Waals surface area (Å²) in [7, 11) is 0. The monoisotopic (exact) mass is 322 g/mol. The summed E-state index contributed by atoms with van der Waals surface area (Å²) in [5, 5.41) is 0. The molecule has 3 aliphatic heterocycles. The summed E-state index contributed by atoms with van der Waals surface area (Å²) in [6.45, 7) is 3.90. The number of fused-ring (bicyclic) bond motifs is 4. The zero-order valence-electron chi connectivity index (χ0n) is 13.7. The molecule has 2 aromatic carbocycles. The molecule has 2 bridgehead atoms. The minimum Gasteiger partial charge on any atom is -0.410 e. The van der Waals surface area contributed by atoms with Gasteiger partial charge in [0.05, 0.1) is 0 Å². The predicted octanol–water partition coefficient (Wildman–Crippen LogP) is 3.63. The number of carbonyl (C=O) groups is 1. The molecule has 0 unspecified atom stereocenters. The van der Waals surface area contributed by atoms with Crippen molar-refractivity contribution in [1.82, 2.24) is 9.80 Å². The lowest BCUT2D eigenvalue weighted by Crippen LogP contribution is -2.43. The van der Waals surface area contributed by atoms with Crippen LogP contribution in [0.2, 0.25) is 0 Å². The second-order valence-electron chi connectivity index (χ2n) is 6.50. The largest absolute Gasteiger partial charge is 0.415 e. The molecule has 124 valence electrons. The van der Waals surface area contributed by atoms with Crippen molar-refractivity contribution in [3.8, 4) is 16.9 Å².